The fourth-order valence-electron chi connectivity index (χ4n) is 1.75. The fraction of sp³-hybridized carbons (Fsp3) is 0.375. The van der Waals surface area contributed by atoms with E-state index in [9.17, 15) is 14.0 Å². The molecule has 0 spiro atoms. The first-order valence-electron chi connectivity index (χ1n) is 6.98. The van der Waals surface area contributed by atoms with Gasteiger partial charge in [-0.15, -0.1) is 0 Å². The number of carbonyl (C=O) groups excluding carboxylic acids is 1. The van der Waals surface area contributed by atoms with Crippen molar-refractivity contribution in [3.05, 3.63) is 41.7 Å². The zero-order chi connectivity index (χ0) is 15.5. The fourth-order valence-corrected chi connectivity index (χ4v) is 1.75. The summed E-state index contributed by atoms with van der Waals surface area (Å²) >= 11 is 0. The molecule has 0 aliphatic carbocycles. The first-order valence-corrected chi connectivity index (χ1v) is 6.98. The van der Waals surface area contributed by atoms with Gasteiger partial charge in [-0.05, 0) is 30.5 Å². The second-order valence-corrected chi connectivity index (χ2v) is 4.71. The maximum absolute atomic E-state index is 12.7. The van der Waals surface area contributed by atoms with Crippen molar-refractivity contribution in [1.82, 2.24) is 5.32 Å². The van der Waals surface area contributed by atoms with Crippen LogP contribution in [0.2, 0.25) is 0 Å². The number of amides is 1. The van der Waals surface area contributed by atoms with Crippen molar-refractivity contribution in [3.63, 3.8) is 0 Å². The third-order valence-corrected chi connectivity index (χ3v) is 2.87. The van der Waals surface area contributed by atoms with Gasteiger partial charge in [0.1, 0.15) is 5.82 Å². The Labute approximate surface area is 123 Å². The van der Waals surface area contributed by atoms with Gasteiger partial charge < -0.3 is 10.4 Å². The highest BCUT2D eigenvalue weighted by atomic mass is 19.1. The highest BCUT2D eigenvalue weighted by Crippen LogP contribution is 2.05. The van der Waals surface area contributed by atoms with Gasteiger partial charge in [0.2, 0.25) is 5.91 Å². The van der Waals surface area contributed by atoms with E-state index in [4.69, 9.17) is 5.11 Å². The molecule has 0 unspecified atom stereocenters. The summed E-state index contributed by atoms with van der Waals surface area (Å²) in [5.74, 6) is -1.15. The Kier molecular flexibility index (Phi) is 7.79. The number of carbonyl (C=O) groups is 2. The summed E-state index contributed by atoms with van der Waals surface area (Å²) in [5.41, 5.74) is 0.845. The summed E-state index contributed by atoms with van der Waals surface area (Å²) in [7, 11) is 0. The minimum Gasteiger partial charge on any atom is -0.481 e. The molecule has 0 aliphatic heterocycles. The van der Waals surface area contributed by atoms with E-state index in [0.717, 1.165) is 18.4 Å². The Hall–Kier alpha value is -2.17. The molecule has 0 atom stereocenters. The molecule has 0 saturated carbocycles. The van der Waals surface area contributed by atoms with E-state index in [1.807, 2.05) is 0 Å². The topological polar surface area (TPSA) is 66.4 Å². The summed E-state index contributed by atoms with van der Waals surface area (Å²) in [5, 5.41) is 11.2. The third-order valence-electron chi connectivity index (χ3n) is 2.87. The molecule has 1 aromatic carbocycles. The zero-order valence-corrected chi connectivity index (χ0v) is 11.8. The summed E-state index contributed by atoms with van der Waals surface area (Å²) in [6.45, 7) is 0.558. The van der Waals surface area contributed by atoms with Gasteiger partial charge in [-0.25, -0.2) is 4.39 Å². The van der Waals surface area contributed by atoms with Crippen LogP contribution in [0.4, 0.5) is 4.39 Å². The predicted molar refractivity (Wildman–Crippen MR) is 79.2 cm³/mol. The quantitative estimate of drug-likeness (QED) is 0.688. The van der Waals surface area contributed by atoms with E-state index in [1.54, 1.807) is 24.3 Å². The molecule has 1 amide bonds. The van der Waals surface area contributed by atoms with Gasteiger partial charge in [-0.1, -0.05) is 30.7 Å². The summed E-state index contributed by atoms with van der Waals surface area (Å²) in [6.07, 6.45) is 6.15. The van der Waals surface area contributed by atoms with Crippen LogP contribution in [0.3, 0.4) is 0 Å². The lowest BCUT2D eigenvalue weighted by Crippen LogP contribution is -2.23. The number of hydrogen-bond acceptors (Lipinski definition) is 2. The molecule has 0 fully saturated rings. The SMILES string of the molecule is O=C(O)CCCCCNC(=O)C/C=C/c1ccc(F)cc1. The molecule has 0 radical (unpaired) electrons. The minimum absolute atomic E-state index is 0.0772. The Morgan fingerprint density at radius 3 is 2.52 bits per heavy atom. The maximum Gasteiger partial charge on any atom is 0.303 e. The molecular formula is C16H20FNO3. The van der Waals surface area contributed by atoms with E-state index in [1.165, 1.54) is 12.1 Å². The minimum atomic E-state index is -0.787. The van der Waals surface area contributed by atoms with Crippen LogP contribution in [0.15, 0.2) is 30.3 Å². The number of halogens is 1. The largest absolute Gasteiger partial charge is 0.481 e. The van der Waals surface area contributed by atoms with Gasteiger partial charge in [0.05, 0.1) is 0 Å². The van der Waals surface area contributed by atoms with Crippen LogP contribution in [-0.4, -0.2) is 23.5 Å². The summed E-state index contributed by atoms with van der Waals surface area (Å²) < 4.78 is 12.7. The average Bonchev–Trinajstić information content (AvgIpc) is 2.44. The van der Waals surface area contributed by atoms with Gasteiger partial charge in [0, 0.05) is 19.4 Å². The highest BCUT2D eigenvalue weighted by Gasteiger charge is 1.99. The number of hydrogen-bond donors (Lipinski definition) is 2. The maximum atomic E-state index is 12.7. The molecule has 2 N–H and O–H groups in total. The molecule has 0 aromatic heterocycles. The number of unbranched alkanes of at least 4 members (excludes halogenated alkanes) is 2. The lowest BCUT2D eigenvalue weighted by molar-refractivity contribution is -0.137. The number of carboxylic acid groups (broad SMARTS) is 1. The van der Waals surface area contributed by atoms with Gasteiger partial charge in [0.15, 0.2) is 0 Å². The Balaban J connectivity index is 2.11. The molecule has 21 heavy (non-hydrogen) atoms. The molecule has 4 nitrogen and oxygen atoms in total. The lowest BCUT2D eigenvalue weighted by atomic mass is 10.2. The van der Waals surface area contributed by atoms with E-state index < -0.39 is 5.97 Å². The van der Waals surface area contributed by atoms with Crippen molar-refractivity contribution >= 4 is 18.0 Å². The molecule has 0 aliphatic rings. The van der Waals surface area contributed by atoms with Gasteiger partial charge in [0.25, 0.3) is 0 Å². The van der Waals surface area contributed by atoms with E-state index in [0.29, 0.717) is 13.0 Å². The highest BCUT2D eigenvalue weighted by molar-refractivity contribution is 5.78. The Bertz CT molecular complexity index is 483. The molecule has 1 aromatic rings. The van der Waals surface area contributed by atoms with Gasteiger partial charge in [-0.2, -0.15) is 0 Å². The molecule has 0 bridgehead atoms. The number of rotatable bonds is 9. The van der Waals surface area contributed by atoms with Crippen molar-refractivity contribution in [2.45, 2.75) is 32.1 Å². The molecule has 1 rings (SSSR count). The number of benzene rings is 1. The normalized spacial score (nSPS) is 10.7. The van der Waals surface area contributed by atoms with Crippen LogP contribution in [-0.2, 0) is 9.59 Å². The van der Waals surface area contributed by atoms with Crippen molar-refractivity contribution in [3.8, 4) is 0 Å². The van der Waals surface area contributed by atoms with E-state index >= 15 is 0 Å². The molecular weight excluding hydrogens is 273 g/mol. The van der Waals surface area contributed by atoms with Crippen LogP contribution >= 0.6 is 0 Å². The number of nitrogens with one attached hydrogen (secondary N) is 1. The van der Waals surface area contributed by atoms with Crippen LogP contribution in [0, 0.1) is 5.82 Å². The van der Waals surface area contributed by atoms with Crippen molar-refractivity contribution < 1.29 is 19.1 Å². The monoisotopic (exact) mass is 293 g/mol. The molecule has 5 heteroatoms. The number of aliphatic carboxylic acids is 1. The van der Waals surface area contributed by atoms with Crippen molar-refractivity contribution in [1.29, 1.82) is 0 Å². The van der Waals surface area contributed by atoms with Crippen LogP contribution in [0.5, 0.6) is 0 Å². The zero-order valence-electron chi connectivity index (χ0n) is 11.8. The molecule has 0 saturated heterocycles. The number of carboxylic acids is 1. The summed E-state index contributed by atoms with van der Waals surface area (Å²) in [6, 6.07) is 6.03. The van der Waals surface area contributed by atoms with Crippen LogP contribution in [0.25, 0.3) is 6.08 Å². The van der Waals surface area contributed by atoms with E-state index in [-0.39, 0.29) is 24.6 Å². The second kappa shape index (κ2) is 9.69. The van der Waals surface area contributed by atoms with Crippen molar-refractivity contribution in [2.24, 2.45) is 0 Å². The molecule has 0 heterocycles. The first-order chi connectivity index (χ1) is 10.1. The predicted octanol–water partition coefficient (Wildman–Crippen LogP) is 2.99. The summed E-state index contributed by atoms with van der Waals surface area (Å²) in [4.78, 5) is 21.8. The van der Waals surface area contributed by atoms with Crippen LogP contribution in [0.1, 0.15) is 37.7 Å². The molecule has 114 valence electrons. The Morgan fingerprint density at radius 2 is 1.86 bits per heavy atom. The lowest BCUT2D eigenvalue weighted by Gasteiger charge is -2.02. The average molecular weight is 293 g/mol. The van der Waals surface area contributed by atoms with Gasteiger partial charge in [-0.3, -0.25) is 9.59 Å². The smallest absolute Gasteiger partial charge is 0.303 e. The standard InChI is InChI=1S/C16H20FNO3/c17-14-10-8-13(9-11-14)5-4-6-15(19)18-12-3-1-2-7-16(20)21/h4-5,8-11H,1-3,6-7,12H2,(H,18,19)(H,20,21)/b5-4+. The third kappa shape index (κ3) is 8.57. The second-order valence-electron chi connectivity index (χ2n) is 4.71. The Morgan fingerprint density at radius 1 is 1.14 bits per heavy atom. The van der Waals surface area contributed by atoms with Gasteiger partial charge >= 0.3 is 5.97 Å². The van der Waals surface area contributed by atoms with E-state index in [2.05, 4.69) is 5.32 Å². The van der Waals surface area contributed by atoms with Crippen molar-refractivity contribution in [2.75, 3.05) is 6.54 Å². The van der Waals surface area contributed by atoms with Crippen LogP contribution < -0.4 is 5.32 Å². The first kappa shape index (κ1) is 16.9.